The van der Waals surface area contributed by atoms with Gasteiger partial charge in [0.25, 0.3) is 0 Å². The molecule has 0 unspecified atom stereocenters. The molecule has 0 aromatic heterocycles. The van der Waals surface area contributed by atoms with Crippen molar-refractivity contribution in [2.75, 3.05) is 31.2 Å². The van der Waals surface area contributed by atoms with Crippen LogP contribution in [0.4, 0.5) is 5.69 Å². The summed E-state index contributed by atoms with van der Waals surface area (Å²) in [6.45, 7) is 5.04. The number of aliphatic imine (C=N–C) groups is 1. The van der Waals surface area contributed by atoms with Gasteiger partial charge in [0.1, 0.15) is 0 Å². The Morgan fingerprint density at radius 3 is 2.40 bits per heavy atom. The molecule has 1 aliphatic heterocycles. The molecule has 0 radical (unpaired) electrons. The number of anilines is 1. The van der Waals surface area contributed by atoms with Crippen LogP contribution >= 0.6 is 0 Å². The molecular weight excluding hydrogens is 324 g/mol. The van der Waals surface area contributed by atoms with E-state index in [4.69, 9.17) is 9.47 Å². The fourth-order valence-corrected chi connectivity index (χ4v) is 2.21. The van der Waals surface area contributed by atoms with E-state index in [-0.39, 0.29) is 18.8 Å². The van der Waals surface area contributed by atoms with Crippen molar-refractivity contribution in [1.82, 2.24) is 10.9 Å². The van der Waals surface area contributed by atoms with Gasteiger partial charge in [-0.25, -0.2) is 14.6 Å². The summed E-state index contributed by atoms with van der Waals surface area (Å²) in [4.78, 5) is 30.1. The molecule has 0 amide bonds. The minimum Gasteiger partial charge on any atom is -0.462 e. The lowest BCUT2D eigenvalue weighted by Crippen LogP contribution is -2.44. The van der Waals surface area contributed by atoms with Gasteiger partial charge < -0.3 is 19.8 Å². The van der Waals surface area contributed by atoms with Crippen molar-refractivity contribution in [3.63, 3.8) is 0 Å². The monoisotopic (exact) mass is 346 g/mol. The maximum Gasteiger partial charge on any atom is 0.347 e. The smallest absolute Gasteiger partial charge is 0.347 e. The van der Waals surface area contributed by atoms with Crippen LogP contribution in [0.25, 0.3) is 0 Å². The Hall–Kier alpha value is -3.03. The normalized spacial score (nSPS) is 12.9. The molecule has 0 atom stereocenters. The van der Waals surface area contributed by atoms with Crippen molar-refractivity contribution < 1.29 is 19.1 Å². The number of rotatable bonds is 7. The van der Waals surface area contributed by atoms with Crippen LogP contribution in [0.3, 0.4) is 0 Å². The Labute approximate surface area is 146 Å². The molecule has 0 aliphatic carbocycles. The van der Waals surface area contributed by atoms with Gasteiger partial charge in [0.05, 0.1) is 19.8 Å². The molecule has 1 heterocycles. The Bertz CT molecular complexity index is 638. The average Bonchev–Trinajstić information content (AvgIpc) is 3.08. The van der Waals surface area contributed by atoms with Gasteiger partial charge in [-0.1, -0.05) is 18.2 Å². The fraction of sp³-hybridized carbons (Fsp3) is 0.353. The van der Waals surface area contributed by atoms with E-state index in [0.29, 0.717) is 12.5 Å². The molecule has 0 saturated heterocycles. The van der Waals surface area contributed by atoms with E-state index in [9.17, 15) is 9.59 Å². The number of nitrogens with zero attached hydrogens (tertiary/aromatic N) is 2. The van der Waals surface area contributed by atoms with E-state index in [0.717, 1.165) is 12.2 Å². The van der Waals surface area contributed by atoms with Crippen LogP contribution in [0.15, 0.2) is 47.1 Å². The lowest BCUT2D eigenvalue weighted by Gasteiger charge is -2.21. The first-order valence-electron chi connectivity index (χ1n) is 8.10. The molecule has 0 fully saturated rings. The maximum absolute atomic E-state index is 11.9. The number of hydrazine groups is 1. The molecule has 2 rings (SSSR count). The van der Waals surface area contributed by atoms with Crippen molar-refractivity contribution in [3.8, 4) is 0 Å². The van der Waals surface area contributed by atoms with Crippen LogP contribution in [-0.2, 0) is 19.1 Å². The molecule has 25 heavy (non-hydrogen) atoms. The third kappa shape index (κ3) is 4.97. The number of carbonyl (C=O) groups is 2. The zero-order valence-corrected chi connectivity index (χ0v) is 14.3. The van der Waals surface area contributed by atoms with E-state index in [1.807, 2.05) is 35.2 Å². The number of ether oxygens (including phenoxy) is 2. The molecule has 1 aliphatic rings. The van der Waals surface area contributed by atoms with Gasteiger partial charge in [-0.15, -0.1) is 0 Å². The molecule has 2 N–H and O–H groups in total. The molecule has 0 bridgehead atoms. The van der Waals surface area contributed by atoms with Gasteiger partial charge >= 0.3 is 11.9 Å². The van der Waals surface area contributed by atoms with Gasteiger partial charge in [0, 0.05) is 18.4 Å². The highest BCUT2D eigenvalue weighted by Gasteiger charge is 2.22. The van der Waals surface area contributed by atoms with Crippen molar-refractivity contribution >= 4 is 23.6 Å². The highest BCUT2D eigenvalue weighted by atomic mass is 16.6. The van der Waals surface area contributed by atoms with Gasteiger partial charge in [0.2, 0.25) is 5.96 Å². The molecule has 1 aromatic rings. The maximum atomic E-state index is 11.9. The molecule has 0 spiro atoms. The lowest BCUT2D eigenvalue weighted by atomic mass is 10.3. The van der Waals surface area contributed by atoms with Crippen LogP contribution in [0.2, 0.25) is 0 Å². The van der Waals surface area contributed by atoms with Crippen LogP contribution in [0.5, 0.6) is 0 Å². The molecule has 1 aromatic carbocycles. The minimum absolute atomic E-state index is 0.164. The van der Waals surface area contributed by atoms with Crippen molar-refractivity contribution in [2.24, 2.45) is 4.99 Å². The summed E-state index contributed by atoms with van der Waals surface area (Å²) in [5.74, 6) is -0.901. The highest BCUT2D eigenvalue weighted by Crippen LogP contribution is 2.15. The number of carbonyl (C=O) groups excluding carboxylic acids is 2. The summed E-state index contributed by atoms with van der Waals surface area (Å²) >= 11 is 0. The minimum atomic E-state index is -0.747. The molecule has 8 heteroatoms. The average molecular weight is 346 g/mol. The first-order chi connectivity index (χ1) is 12.2. The number of hydrogen-bond acceptors (Lipinski definition) is 8. The summed E-state index contributed by atoms with van der Waals surface area (Å²) in [7, 11) is 0. The van der Waals surface area contributed by atoms with Crippen LogP contribution in [0, 0.1) is 0 Å². The van der Waals surface area contributed by atoms with Crippen molar-refractivity contribution in [1.29, 1.82) is 0 Å². The topological polar surface area (TPSA) is 92.3 Å². The van der Waals surface area contributed by atoms with Gasteiger partial charge in [0.15, 0.2) is 5.57 Å². The van der Waals surface area contributed by atoms with Crippen LogP contribution < -0.4 is 15.8 Å². The zero-order chi connectivity index (χ0) is 18.1. The molecule has 0 saturated carbocycles. The van der Waals surface area contributed by atoms with E-state index in [2.05, 4.69) is 15.8 Å². The molecule has 134 valence electrons. The van der Waals surface area contributed by atoms with Crippen LogP contribution in [0.1, 0.15) is 13.8 Å². The van der Waals surface area contributed by atoms with E-state index in [1.165, 1.54) is 6.20 Å². The van der Waals surface area contributed by atoms with E-state index in [1.54, 1.807) is 13.8 Å². The standard InChI is InChI=1S/C17H22N4O4/c1-3-24-15(22)14(16(23)25-4-2)12-19-20-17-18-10-11-21(17)13-8-6-5-7-9-13/h5-9,12,19H,3-4,10-11H2,1-2H3,(H,18,20). The third-order valence-corrected chi connectivity index (χ3v) is 3.30. The zero-order valence-electron chi connectivity index (χ0n) is 14.3. The second-order valence-corrected chi connectivity index (χ2v) is 4.96. The second kappa shape index (κ2) is 9.31. The van der Waals surface area contributed by atoms with Crippen molar-refractivity contribution in [3.05, 3.63) is 42.1 Å². The fourth-order valence-electron chi connectivity index (χ4n) is 2.21. The quantitative estimate of drug-likeness (QED) is 0.250. The first kappa shape index (κ1) is 18.3. The predicted molar refractivity (Wildman–Crippen MR) is 93.7 cm³/mol. The number of nitrogens with one attached hydrogen (secondary N) is 2. The summed E-state index contributed by atoms with van der Waals surface area (Å²) < 4.78 is 9.74. The first-order valence-corrected chi connectivity index (χ1v) is 8.10. The van der Waals surface area contributed by atoms with Gasteiger partial charge in [-0.2, -0.15) is 0 Å². The Morgan fingerprint density at radius 2 is 1.80 bits per heavy atom. The Kier molecular flexibility index (Phi) is 6.82. The summed E-state index contributed by atoms with van der Waals surface area (Å²) in [5.41, 5.74) is 6.38. The van der Waals surface area contributed by atoms with Crippen molar-refractivity contribution in [2.45, 2.75) is 13.8 Å². The molecular formula is C17H22N4O4. The summed E-state index contributed by atoms with van der Waals surface area (Å²) in [6.07, 6.45) is 1.22. The number of hydrogen-bond donors (Lipinski definition) is 2. The van der Waals surface area contributed by atoms with E-state index >= 15 is 0 Å². The van der Waals surface area contributed by atoms with Gasteiger partial charge in [-0.05, 0) is 26.0 Å². The third-order valence-electron chi connectivity index (χ3n) is 3.30. The largest absolute Gasteiger partial charge is 0.462 e. The lowest BCUT2D eigenvalue weighted by molar-refractivity contribution is -0.146. The molecule has 8 nitrogen and oxygen atoms in total. The Balaban J connectivity index is 2.03. The second-order valence-electron chi connectivity index (χ2n) is 4.96. The van der Waals surface area contributed by atoms with Crippen LogP contribution in [-0.4, -0.2) is 44.2 Å². The predicted octanol–water partition coefficient (Wildman–Crippen LogP) is 0.967. The highest BCUT2D eigenvalue weighted by molar-refractivity contribution is 6.14. The summed E-state index contributed by atoms with van der Waals surface area (Å²) in [6, 6.07) is 9.77. The Morgan fingerprint density at radius 1 is 1.16 bits per heavy atom. The summed E-state index contributed by atoms with van der Waals surface area (Å²) in [5, 5.41) is 0. The number of esters is 2. The van der Waals surface area contributed by atoms with E-state index < -0.39 is 11.9 Å². The SMILES string of the molecule is CCOC(=O)C(=CNNC1=NCCN1c1ccccc1)C(=O)OCC. The van der Waals surface area contributed by atoms with Gasteiger partial charge in [-0.3, -0.25) is 5.43 Å². The number of benzene rings is 1. The number of para-hydroxylation sites is 1. The number of guanidine groups is 1.